The highest BCUT2D eigenvalue weighted by atomic mass is 35.5. The van der Waals surface area contributed by atoms with Gasteiger partial charge < -0.3 is 9.88 Å². The zero-order chi connectivity index (χ0) is 20.4. The summed E-state index contributed by atoms with van der Waals surface area (Å²) in [6.45, 7) is 0.411. The molecule has 0 unspecified atom stereocenters. The van der Waals surface area contributed by atoms with Crippen LogP contribution in [0.4, 0.5) is 0 Å². The quantitative estimate of drug-likeness (QED) is 0.608. The second-order valence-corrected chi connectivity index (χ2v) is 7.83. The number of benzene rings is 1. The van der Waals surface area contributed by atoms with Crippen molar-refractivity contribution in [2.24, 2.45) is 21.1 Å². The summed E-state index contributed by atoms with van der Waals surface area (Å²) in [5.74, 6) is 0.404. The van der Waals surface area contributed by atoms with Crippen LogP contribution in [-0.2, 0) is 32.5 Å². The van der Waals surface area contributed by atoms with E-state index in [0.717, 1.165) is 10.1 Å². The van der Waals surface area contributed by atoms with Crippen LogP contribution in [0.15, 0.2) is 39.0 Å². The molecule has 0 radical (unpaired) electrons. The van der Waals surface area contributed by atoms with Gasteiger partial charge in [-0.1, -0.05) is 35.5 Å². The van der Waals surface area contributed by atoms with E-state index >= 15 is 0 Å². The number of fused-ring (bicyclic) bond motifs is 1. The third-order valence-corrected chi connectivity index (χ3v) is 5.63. The predicted octanol–water partition coefficient (Wildman–Crippen LogP) is 1.42. The van der Waals surface area contributed by atoms with Crippen LogP contribution >= 0.6 is 23.4 Å². The number of thioether (sulfide) groups is 1. The number of carbonyl (C=O) groups excluding carboxylic acids is 1. The summed E-state index contributed by atoms with van der Waals surface area (Å²) in [6, 6.07) is 7.32. The number of amides is 1. The number of carbonyl (C=O) groups is 1. The number of rotatable bonds is 6. The molecule has 0 saturated carbocycles. The van der Waals surface area contributed by atoms with Gasteiger partial charge in [0.15, 0.2) is 16.3 Å². The van der Waals surface area contributed by atoms with Crippen molar-refractivity contribution in [3.05, 3.63) is 55.7 Å². The van der Waals surface area contributed by atoms with Gasteiger partial charge in [0, 0.05) is 44.9 Å². The van der Waals surface area contributed by atoms with Crippen LogP contribution in [0, 0.1) is 0 Å². The van der Waals surface area contributed by atoms with Gasteiger partial charge in [-0.25, -0.2) is 9.78 Å². The van der Waals surface area contributed by atoms with E-state index in [1.165, 1.54) is 23.4 Å². The van der Waals surface area contributed by atoms with E-state index in [4.69, 9.17) is 11.6 Å². The molecule has 2 aromatic heterocycles. The molecule has 28 heavy (non-hydrogen) atoms. The van der Waals surface area contributed by atoms with Gasteiger partial charge in [0.25, 0.3) is 5.56 Å². The number of nitrogens with zero attached hydrogens (tertiary/aromatic N) is 4. The molecule has 1 aromatic carbocycles. The van der Waals surface area contributed by atoms with Gasteiger partial charge >= 0.3 is 5.69 Å². The number of halogens is 1. The van der Waals surface area contributed by atoms with E-state index in [1.807, 2.05) is 12.1 Å². The van der Waals surface area contributed by atoms with Gasteiger partial charge in [-0.15, -0.1) is 0 Å². The smallest absolute Gasteiger partial charge is 0.332 e. The Morgan fingerprint density at radius 3 is 2.64 bits per heavy atom. The molecule has 0 aliphatic rings. The first-order chi connectivity index (χ1) is 13.3. The zero-order valence-corrected chi connectivity index (χ0v) is 17.3. The first-order valence-electron chi connectivity index (χ1n) is 8.56. The lowest BCUT2D eigenvalue weighted by Gasteiger charge is -2.07. The Balaban J connectivity index is 1.64. The Morgan fingerprint density at radius 1 is 1.18 bits per heavy atom. The van der Waals surface area contributed by atoms with Crippen molar-refractivity contribution in [1.29, 1.82) is 0 Å². The summed E-state index contributed by atoms with van der Waals surface area (Å²) in [5, 5.41) is 4.06. The number of imidazole rings is 1. The van der Waals surface area contributed by atoms with Crippen molar-refractivity contribution in [3.63, 3.8) is 0 Å². The average molecular weight is 422 g/mol. The maximum atomic E-state index is 12.3. The van der Waals surface area contributed by atoms with E-state index in [9.17, 15) is 14.4 Å². The van der Waals surface area contributed by atoms with E-state index in [0.29, 0.717) is 34.5 Å². The summed E-state index contributed by atoms with van der Waals surface area (Å²) >= 11 is 7.29. The molecular formula is C18H20ClN5O3S. The molecule has 1 N–H and O–H groups in total. The van der Waals surface area contributed by atoms with Crippen LogP contribution in [0.25, 0.3) is 11.2 Å². The van der Waals surface area contributed by atoms with Crippen LogP contribution in [0.2, 0.25) is 5.02 Å². The van der Waals surface area contributed by atoms with Gasteiger partial charge in [0.1, 0.15) is 0 Å². The van der Waals surface area contributed by atoms with Gasteiger partial charge in [-0.2, -0.15) is 0 Å². The lowest BCUT2D eigenvalue weighted by Crippen LogP contribution is -2.37. The largest absolute Gasteiger partial charge is 0.352 e. The maximum absolute atomic E-state index is 12.3. The Morgan fingerprint density at radius 2 is 1.93 bits per heavy atom. The van der Waals surface area contributed by atoms with Crippen molar-refractivity contribution < 1.29 is 4.79 Å². The fourth-order valence-electron chi connectivity index (χ4n) is 2.86. The van der Waals surface area contributed by atoms with E-state index in [-0.39, 0.29) is 11.4 Å². The zero-order valence-electron chi connectivity index (χ0n) is 15.7. The highest BCUT2D eigenvalue weighted by Gasteiger charge is 2.17. The summed E-state index contributed by atoms with van der Waals surface area (Å²) < 4.78 is 4.13. The number of hydrogen-bond donors (Lipinski definition) is 1. The molecule has 3 rings (SSSR count). The molecule has 2 heterocycles. The molecule has 0 saturated heterocycles. The standard InChI is InChI=1S/C18H20ClN5O3S/c1-22-15-14(16(26)24(3)18(27)23(15)2)21-17(22)28-8-7-13(25)20-10-11-5-4-6-12(19)9-11/h4-6,9H,7-8,10H2,1-3H3,(H,20,25). The van der Waals surface area contributed by atoms with Crippen LogP contribution in [0.5, 0.6) is 0 Å². The highest BCUT2D eigenvalue weighted by molar-refractivity contribution is 7.99. The summed E-state index contributed by atoms with van der Waals surface area (Å²) in [5.41, 5.74) is 0.791. The van der Waals surface area contributed by atoms with Crippen molar-refractivity contribution in [2.45, 2.75) is 18.1 Å². The molecule has 0 bridgehead atoms. The Bertz CT molecular complexity index is 1160. The van der Waals surface area contributed by atoms with Crippen LogP contribution in [0.3, 0.4) is 0 Å². The normalized spacial score (nSPS) is 11.1. The molecule has 0 fully saturated rings. The molecular weight excluding hydrogens is 402 g/mol. The lowest BCUT2D eigenvalue weighted by atomic mass is 10.2. The summed E-state index contributed by atoms with van der Waals surface area (Å²) in [6.07, 6.45) is 0.297. The maximum Gasteiger partial charge on any atom is 0.332 e. The highest BCUT2D eigenvalue weighted by Crippen LogP contribution is 2.20. The third-order valence-electron chi connectivity index (χ3n) is 4.36. The second-order valence-electron chi connectivity index (χ2n) is 6.34. The molecule has 10 heteroatoms. The van der Waals surface area contributed by atoms with Crippen molar-refractivity contribution in [1.82, 2.24) is 24.0 Å². The topological polar surface area (TPSA) is 90.9 Å². The molecule has 0 atom stereocenters. The monoisotopic (exact) mass is 421 g/mol. The molecule has 148 valence electrons. The Hall–Kier alpha value is -2.52. The minimum absolute atomic E-state index is 0.0884. The van der Waals surface area contributed by atoms with Gasteiger partial charge in [-0.3, -0.25) is 18.7 Å². The van der Waals surface area contributed by atoms with Crippen molar-refractivity contribution >= 4 is 40.4 Å². The minimum atomic E-state index is -0.431. The first kappa shape index (κ1) is 20.2. The number of hydrogen-bond acceptors (Lipinski definition) is 5. The predicted molar refractivity (Wildman–Crippen MR) is 110 cm³/mol. The Kier molecular flexibility index (Phi) is 5.95. The van der Waals surface area contributed by atoms with Gasteiger partial charge in [0.2, 0.25) is 5.91 Å². The second kappa shape index (κ2) is 8.24. The number of nitrogens with one attached hydrogen (secondary N) is 1. The fourth-order valence-corrected chi connectivity index (χ4v) is 3.98. The van der Waals surface area contributed by atoms with Crippen molar-refractivity contribution in [2.75, 3.05) is 5.75 Å². The molecule has 0 aliphatic carbocycles. The molecule has 0 spiro atoms. The summed E-state index contributed by atoms with van der Waals surface area (Å²) in [4.78, 5) is 40.8. The first-order valence-corrected chi connectivity index (χ1v) is 9.92. The number of aromatic nitrogens is 4. The van der Waals surface area contributed by atoms with Crippen LogP contribution in [-0.4, -0.2) is 30.3 Å². The fraction of sp³-hybridized carbons (Fsp3) is 0.333. The SMILES string of the molecule is Cn1c(=O)c2nc(SCCC(=O)NCc3cccc(Cl)c3)n(C)c2n(C)c1=O. The van der Waals surface area contributed by atoms with Crippen LogP contribution < -0.4 is 16.6 Å². The average Bonchev–Trinajstić information content (AvgIpc) is 3.00. The molecule has 8 nitrogen and oxygen atoms in total. The lowest BCUT2D eigenvalue weighted by molar-refractivity contribution is -0.120. The summed E-state index contributed by atoms with van der Waals surface area (Å²) in [7, 11) is 4.77. The minimum Gasteiger partial charge on any atom is -0.352 e. The molecule has 0 aliphatic heterocycles. The van der Waals surface area contributed by atoms with Crippen molar-refractivity contribution in [3.8, 4) is 0 Å². The molecule has 1 amide bonds. The third kappa shape index (κ3) is 4.00. The van der Waals surface area contributed by atoms with E-state index in [2.05, 4.69) is 10.3 Å². The van der Waals surface area contributed by atoms with Gasteiger partial charge in [0.05, 0.1) is 0 Å². The Labute approximate surface area is 170 Å². The molecule has 3 aromatic rings. The van der Waals surface area contributed by atoms with E-state index < -0.39 is 11.2 Å². The van der Waals surface area contributed by atoms with Crippen LogP contribution in [0.1, 0.15) is 12.0 Å². The van der Waals surface area contributed by atoms with Gasteiger partial charge in [-0.05, 0) is 17.7 Å². The number of aryl methyl sites for hydroxylation is 2. The van der Waals surface area contributed by atoms with E-state index in [1.54, 1.807) is 30.8 Å².